The lowest BCUT2D eigenvalue weighted by Gasteiger charge is -2.14. The van der Waals surface area contributed by atoms with Crippen LogP contribution in [0.3, 0.4) is 0 Å². The molecule has 3 aromatic rings. The predicted octanol–water partition coefficient (Wildman–Crippen LogP) is 3.76. The van der Waals surface area contributed by atoms with E-state index in [1.165, 1.54) is 18.2 Å². The summed E-state index contributed by atoms with van der Waals surface area (Å²) in [6.45, 7) is 3.79. The molecule has 0 aliphatic carbocycles. The third-order valence-corrected chi connectivity index (χ3v) is 5.84. The van der Waals surface area contributed by atoms with Crippen LogP contribution in [0, 0.1) is 19.7 Å². The Hall–Kier alpha value is -3.20. The zero-order chi connectivity index (χ0) is 20.6. The molecule has 0 saturated heterocycles. The third-order valence-electron chi connectivity index (χ3n) is 4.50. The number of rotatable bonds is 5. The smallest absolute Gasteiger partial charge is 0.322 e. The van der Waals surface area contributed by atoms with Crippen molar-refractivity contribution in [3.63, 3.8) is 0 Å². The fourth-order valence-corrected chi connectivity index (χ4v) is 4.25. The molecule has 150 valence electrons. The first-order valence-corrected chi connectivity index (χ1v) is 10.4. The van der Waals surface area contributed by atoms with Crippen molar-refractivity contribution >= 4 is 15.7 Å². The lowest BCUT2D eigenvalue weighted by molar-refractivity contribution is 0.356. The standard InChI is InChI=1S/C20H18FN3O4S/c1-12-19(13(2)23-20(22-12)28-18-6-4-3-5-16(18)21)24-29(25,26)15-7-8-17-14(11-15)9-10-27-17/h3-8,11,24H,9-10H2,1-2H3. The van der Waals surface area contributed by atoms with Crippen LogP contribution in [0.1, 0.15) is 17.0 Å². The van der Waals surface area contributed by atoms with Crippen LogP contribution in [0.25, 0.3) is 0 Å². The monoisotopic (exact) mass is 415 g/mol. The van der Waals surface area contributed by atoms with Gasteiger partial charge in [0.15, 0.2) is 11.6 Å². The number of benzene rings is 2. The second-order valence-corrected chi connectivity index (χ2v) is 8.24. The zero-order valence-electron chi connectivity index (χ0n) is 15.8. The fraction of sp³-hybridized carbons (Fsp3) is 0.200. The molecule has 4 rings (SSSR count). The fourth-order valence-electron chi connectivity index (χ4n) is 3.03. The molecule has 0 bridgehead atoms. The minimum atomic E-state index is -3.84. The number of anilines is 1. The van der Waals surface area contributed by atoms with Crippen LogP contribution < -0.4 is 14.2 Å². The summed E-state index contributed by atoms with van der Waals surface area (Å²) in [6, 6.07) is 10.6. The maximum absolute atomic E-state index is 13.8. The van der Waals surface area contributed by atoms with Gasteiger partial charge in [-0.15, -0.1) is 0 Å². The zero-order valence-corrected chi connectivity index (χ0v) is 16.6. The number of halogens is 1. The first kappa shape index (κ1) is 19.1. The van der Waals surface area contributed by atoms with Crippen molar-refractivity contribution in [2.45, 2.75) is 25.2 Å². The number of para-hydroxylation sites is 1. The topological polar surface area (TPSA) is 90.4 Å². The van der Waals surface area contributed by atoms with E-state index in [0.29, 0.717) is 30.2 Å². The highest BCUT2D eigenvalue weighted by Gasteiger charge is 2.22. The van der Waals surface area contributed by atoms with Crippen LogP contribution in [0.2, 0.25) is 0 Å². The number of nitrogens with zero attached hydrogens (tertiary/aromatic N) is 2. The maximum Gasteiger partial charge on any atom is 0.322 e. The molecule has 2 aromatic carbocycles. The SMILES string of the molecule is Cc1nc(Oc2ccccc2F)nc(C)c1NS(=O)(=O)c1ccc2c(c1)CCO2. The highest BCUT2D eigenvalue weighted by Crippen LogP contribution is 2.30. The van der Waals surface area contributed by atoms with Gasteiger partial charge in [-0.25, -0.2) is 12.8 Å². The first-order chi connectivity index (χ1) is 13.8. The summed E-state index contributed by atoms with van der Waals surface area (Å²) in [7, 11) is -3.84. The summed E-state index contributed by atoms with van der Waals surface area (Å²) in [5, 5.41) is 0. The van der Waals surface area contributed by atoms with Gasteiger partial charge in [-0.05, 0) is 49.7 Å². The van der Waals surface area contributed by atoms with E-state index in [2.05, 4.69) is 14.7 Å². The molecule has 7 nitrogen and oxygen atoms in total. The number of aromatic nitrogens is 2. The molecule has 0 radical (unpaired) electrons. The Morgan fingerprint density at radius 2 is 1.83 bits per heavy atom. The van der Waals surface area contributed by atoms with Crippen LogP contribution in [0.5, 0.6) is 17.5 Å². The Bertz CT molecular complexity index is 1180. The Kier molecular flexibility index (Phi) is 4.83. The van der Waals surface area contributed by atoms with Crippen LogP contribution in [-0.2, 0) is 16.4 Å². The summed E-state index contributed by atoms with van der Waals surface area (Å²) in [6.07, 6.45) is 0.669. The van der Waals surface area contributed by atoms with Crippen molar-refractivity contribution in [2.24, 2.45) is 0 Å². The van der Waals surface area contributed by atoms with E-state index < -0.39 is 15.8 Å². The van der Waals surface area contributed by atoms with Crippen LogP contribution in [0.15, 0.2) is 47.4 Å². The minimum absolute atomic E-state index is 0.0139. The molecule has 2 heterocycles. The van der Waals surface area contributed by atoms with Gasteiger partial charge >= 0.3 is 6.01 Å². The molecule has 1 aromatic heterocycles. The second kappa shape index (κ2) is 7.32. The van der Waals surface area contributed by atoms with E-state index in [0.717, 1.165) is 5.56 Å². The van der Waals surface area contributed by atoms with E-state index in [4.69, 9.17) is 9.47 Å². The molecule has 0 amide bonds. The van der Waals surface area contributed by atoms with Crippen molar-refractivity contribution in [2.75, 3.05) is 11.3 Å². The van der Waals surface area contributed by atoms with Gasteiger partial charge in [0.05, 0.1) is 28.6 Å². The average molecular weight is 415 g/mol. The summed E-state index contributed by atoms with van der Waals surface area (Å²) in [4.78, 5) is 8.45. The summed E-state index contributed by atoms with van der Waals surface area (Å²) >= 11 is 0. The quantitative estimate of drug-likeness (QED) is 0.682. The number of sulfonamides is 1. The molecule has 1 aliphatic heterocycles. The summed E-state index contributed by atoms with van der Waals surface area (Å²) in [5.74, 6) is 0.144. The number of nitrogens with one attached hydrogen (secondary N) is 1. The Morgan fingerprint density at radius 3 is 2.55 bits per heavy atom. The molecule has 0 unspecified atom stereocenters. The number of hydrogen-bond acceptors (Lipinski definition) is 6. The lowest BCUT2D eigenvalue weighted by atomic mass is 10.2. The molecule has 9 heteroatoms. The second-order valence-electron chi connectivity index (χ2n) is 6.56. The number of hydrogen-bond donors (Lipinski definition) is 1. The van der Waals surface area contributed by atoms with Crippen LogP contribution in [-0.4, -0.2) is 25.0 Å². The normalized spacial score (nSPS) is 12.9. The van der Waals surface area contributed by atoms with E-state index >= 15 is 0 Å². The summed E-state index contributed by atoms with van der Waals surface area (Å²) in [5.41, 5.74) is 1.82. The van der Waals surface area contributed by atoms with Gasteiger partial charge in [0.2, 0.25) is 0 Å². The molecule has 29 heavy (non-hydrogen) atoms. The van der Waals surface area contributed by atoms with Crippen LogP contribution >= 0.6 is 0 Å². The van der Waals surface area contributed by atoms with Gasteiger partial charge in [-0.2, -0.15) is 9.97 Å². The van der Waals surface area contributed by atoms with Gasteiger partial charge in [-0.3, -0.25) is 4.72 Å². The van der Waals surface area contributed by atoms with Gasteiger partial charge in [0, 0.05) is 6.42 Å². The van der Waals surface area contributed by atoms with Crippen LogP contribution in [0.4, 0.5) is 10.1 Å². The summed E-state index contributed by atoms with van der Waals surface area (Å²) < 4.78 is 52.8. The largest absolute Gasteiger partial charge is 0.493 e. The molecular weight excluding hydrogens is 397 g/mol. The minimum Gasteiger partial charge on any atom is -0.493 e. The molecule has 0 spiro atoms. The van der Waals surface area contributed by atoms with Crippen molar-refractivity contribution < 1.29 is 22.3 Å². The van der Waals surface area contributed by atoms with E-state index in [1.54, 1.807) is 38.1 Å². The van der Waals surface area contributed by atoms with E-state index in [-0.39, 0.29) is 22.3 Å². The molecule has 0 saturated carbocycles. The van der Waals surface area contributed by atoms with Gasteiger partial charge < -0.3 is 9.47 Å². The molecule has 1 aliphatic rings. The Morgan fingerprint density at radius 1 is 1.10 bits per heavy atom. The van der Waals surface area contributed by atoms with E-state index in [1.807, 2.05) is 0 Å². The third kappa shape index (κ3) is 3.86. The highest BCUT2D eigenvalue weighted by molar-refractivity contribution is 7.92. The van der Waals surface area contributed by atoms with Gasteiger partial charge in [-0.1, -0.05) is 12.1 Å². The highest BCUT2D eigenvalue weighted by atomic mass is 32.2. The molecule has 0 atom stereocenters. The van der Waals surface area contributed by atoms with Crippen molar-refractivity contribution in [3.05, 3.63) is 65.2 Å². The van der Waals surface area contributed by atoms with Gasteiger partial charge in [0.25, 0.3) is 10.0 Å². The first-order valence-electron chi connectivity index (χ1n) is 8.89. The van der Waals surface area contributed by atoms with Crippen molar-refractivity contribution in [1.82, 2.24) is 9.97 Å². The Labute approximate surface area is 167 Å². The van der Waals surface area contributed by atoms with Crippen molar-refractivity contribution in [3.8, 4) is 17.5 Å². The molecule has 1 N–H and O–H groups in total. The number of ether oxygens (including phenoxy) is 2. The lowest BCUT2D eigenvalue weighted by Crippen LogP contribution is -2.16. The molecular formula is C20H18FN3O4S. The number of fused-ring (bicyclic) bond motifs is 1. The maximum atomic E-state index is 13.8. The average Bonchev–Trinajstić information content (AvgIpc) is 3.14. The van der Waals surface area contributed by atoms with Gasteiger partial charge in [0.1, 0.15) is 5.75 Å². The van der Waals surface area contributed by atoms with E-state index in [9.17, 15) is 12.8 Å². The Balaban J connectivity index is 1.61. The molecule has 0 fully saturated rings. The number of aryl methyl sites for hydroxylation is 2. The van der Waals surface area contributed by atoms with Crippen molar-refractivity contribution in [1.29, 1.82) is 0 Å². The predicted molar refractivity (Wildman–Crippen MR) is 104 cm³/mol.